The van der Waals surface area contributed by atoms with E-state index in [1.54, 1.807) is 12.3 Å². The molecular weight excluding hydrogens is 510 g/mol. The quantitative estimate of drug-likeness (QED) is 0.134. The van der Waals surface area contributed by atoms with Gasteiger partial charge in [-0.1, -0.05) is 18.2 Å². The number of nitrogens with one attached hydrogen (secondary N) is 5. The summed E-state index contributed by atoms with van der Waals surface area (Å²) in [6, 6.07) is 2.59. The fourth-order valence-electron chi connectivity index (χ4n) is 4.41. The molecule has 1 saturated heterocycles. The zero-order chi connectivity index (χ0) is 28.5. The molecule has 0 bridgehead atoms. The molecule has 10 N–H and O–H groups in total. The molecule has 14 nitrogen and oxygen atoms in total. The Morgan fingerprint density at radius 2 is 1.64 bits per heavy atom. The van der Waals surface area contributed by atoms with Gasteiger partial charge >= 0.3 is 5.97 Å². The molecule has 39 heavy (non-hydrogen) atoms. The first-order valence-corrected chi connectivity index (χ1v) is 12.5. The van der Waals surface area contributed by atoms with E-state index in [4.69, 9.17) is 11.5 Å². The second-order valence-corrected chi connectivity index (χ2v) is 9.41. The van der Waals surface area contributed by atoms with Crippen LogP contribution < -0.4 is 32.7 Å². The molecular formula is C25H33N7O7. The van der Waals surface area contributed by atoms with Crippen molar-refractivity contribution in [3.05, 3.63) is 36.0 Å². The Balaban J connectivity index is 1.73. The normalized spacial score (nSPS) is 17.1. The first kappa shape index (κ1) is 29.1. The number of aliphatic carboxylic acids is 1. The third kappa shape index (κ3) is 8.26. The molecule has 1 aliphatic heterocycles. The van der Waals surface area contributed by atoms with Crippen LogP contribution in [0.25, 0.3) is 10.9 Å². The van der Waals surface area contributed by atoms with E-state index in [9.17, 15) is 33.9 Å². The Hall–Kier alpha value is -4.46. The summed E-state index contributed by atoms with van der Waals surface area (Å²) in [6.45, 7) is 0.628. The summed E-state index contributed by atoms with van der Waals surface area (Å²) in [5, 5.41) is 20.8. The molecule has 0 spiro atoms. The zero-order valence-corrected chi connectivity index (χ0v) is 21.2. The molecule has 14 heteroatoms. The molecule has 2 heterocycles. The highest BCUT2D eigenvalue weighted by molar-refractivity contribution is 5.96. The van der Waals surface area contributed by atoms with Gasteiger partial charge in [-0.25, -0.2) is 4.79 Å². The highest BCUT2D eigenvalue weighted by atomic mass is 16.4. The second-order valence-electron chi connectivity index (χ2n) is 9.41. The molecule has 2 aromatic rings. The monoisotopic (exact) mass is 543 g/mol. The van der Waals surface area contributed by atoms with Crippen molar-refractivity contribution in [2.24, 2.45) is 11.5 Å². The van der Waals surface area contributed by atoms with Crippen molar-refractivity contribution >= 4 is 46.4 Å². The Kier molecular flexibility index (Phi) is 9.98. The number of carbonyl (C=O) groups is 6. The molecule has 4 atom stereocenters. The van der Waals surface area contributed by atoms with Gasteiger partial charge in [-0.3, -0.25) is 24.0 Å². The van der Waals surface area contributed by atoms with Crippen molar-refractivity contribution in [3.63, 3.8) is 0 Å². The van der Waals surface area contributed by atoms with Gasteiger partial charge in [-0.15, -0.1) is 0 Å². The van der Waals surface area contributed by atoms with E-state index in [1.807, 2.05) is 18.2 Å². The van der Waals surface area contributed by atoms with Crippen LogP contribution in [-0.2, 0) is 35.2 Å². The number of primary amides is 2. The summed E-state index contributed by atoms with van der Waals surface area (Å²) in [7, 11) is 0. The van der Waals surface area contributed by atoms with Crippen LogP contribution in [-0.4, -0.2) is 76.3 Å². The summed E-state index contributed by atoms with van der Waals surface area (Å²) in [5.74, 6) is -5.19. The maximum atomic E-state index is 13.1. The number of aromatic amines is 1. The lowest BCUT2D eigenvalue weighted by atomic mass is 10.0. The fourth-order valence-corrected chi connectivity index (χ4v) is 4.41. The number of rotatable bonds is 14. The van der Waals surface area contributed by atoms with Gasteiger partial charge in [0.15, 0.2) is 0 Å². The van der Waals surface area contributed by atoms with Crippen LogP contribution in [0.2, 0.25) is 0 Å². The van der Waals surface area contributed by atoms with Crippen molar-refractivity contribution in [1.29, 1.82) is 0 Å². The number of carboxylic acid groups (broad SMARTS) is 1. The Labute approximate surface area is 223 Å². The van der Waals surface area contributed by atoms with Crippen molar-refractivity contribution in [2.75, 3.05) is 6.54 Å². The number of hydrogen-bond donors (Lipinski definition) is 8. The Bertz CT molecular complexity index is 1240. The van der Waals surface area contributed by atoms with Crippen molar-refractivity contribution in [2.45, 2.75) is 62.7 Å². The van der Waals surface area contributed by atoms with E-state index in [2.05, 4.69) is 26.3 Å². The number of H-pyrrole nitrogens is 1. The van der Waals surface area contributed by atoms with Gasteiger partial charge in [0.05, 0.1) is 12.5 Å². The highest BCUT2D eigenvalue weighted by Crippen LogP contribution is 2.19. The number of nitrogens with two attached hydrogens (primary N) is 2. The number of fused-ring (bicyclic) bond motifs is 1. The van der Waals surface area contributed by atoms with E-state index < -0.39 is 66.1 Å². The molecule has 4 unspecified atom stereocenters. The number of carbonyl (C=O) groups excluding carboxylic acids is 5. The lowest BCUT2D eigenvalue weighted by Gasteiger charge is -2.24. The minimum atomic E-state index is -1.39. The number of hydrogen-bond acceptors (Lipinski definition) is 7. The topological polar surface area (TPSA) is 239 Å². The molecule has 0 radical (unpaired) electrons. The van der Waals surface area contributed by atoms with E-state index in [0.29, 0.717) is 18.5 Å². The van der Waals surface area contributed by atoms with Crippen molar-refractivity contribution in [1.82, 2.24) is 26.3 Å². The number of aromatic nitrogens is 1. The van der Waals surface area contributed by atoms with E-state index >= 15 is 0 Å². The SMILES string of the molecule is NC(=O)CCC(NC(=O)C(CC(N)=O)NC(=O)C1CCCN1)C(=O)NC(Cc1c[nH]c2ccccc12)C(=O)O. The molecule has 1 aromatic heterocycles. The molecule has 210 valence electrons. The van der Waals surface area contributed by atoms with Gasteiger partial charge in [-0.2, -0.15) is 0 Å². The third-order valence-electron chi connectivity index (χ3n) is 6.44. The number of amides is 5. The van der Waals surface area contributed by atoms with Gasteiger partial charge in [0.25, 0.3) is 0 Å². The average Bonchev–Trinajstić information content (AvgIpc) is 3.56. The van der Waals surface area contributed by atoms with Crippen molar-refractivity contribution in [3.8, 4) is 0 Å². The largest absolute Gasteiger partial charge is 0.480 e. The van der Waals surface area contributed by atoms with Crippen LogP contribution in [0.4, 0.5) is 0 Å². The first-order chi connectivity index (χ1) is 18.5. The van der Waals surface area contributed by atoms with E-state index in [0.717, 1.165) is 17.3 Å². The van der Waals surface area contributed by atoms with Gasteiger partial charge in [0, 0.05) is 29.9 Å². The molecule has 3 rings (SSSR count). The molecule has 1 aromatic carbocycles. The predicted octanol–water partition coefficient (Wildman–Crippen LogP) is -1.86. The minimum Gasteiger partial charge on any atom is -0.480 e. The first-order valence-electron chi connectivity index (χ1n) is 12.5. The minimum absolute atomic E-state index is 0.0592. The predicted molar refractivity (Wildman–Crippen MR) is 139 cm³/mol. The zero-order valence-electron chi connectivity index (χ0n) is 21.2. The van der Waals surface area contributed by atoms with Crippen LogP contribution >= 0.6 is 0 Å². The number of carboxylic acids is 1. The van der Waals surface area contributed by atoms with Crippen LogP contribution in [0.15, 0.2) is 30.5 Å². The Morgan fingerprint density at radius 1 is 0.949 bits per heavy atom. The van der Waals surface area contributed by atoms with Gasteiger partial charge in [0.1, 0.15) is 18.1 Å². The summed E-state index contributed by atoms with van der Waals surface area (Å²) >= 11 is 0. The van der Waals surface area contributed by atoms with Gasteiger partial charge in [-0.05, 0) is 37.4 Å². The highest BCUT2D eigenvalue weighted by Gasteiger charge is 2.32. The van der Waals surface area contributed by atoms with Crippen LogP contribution in [0.5, 0.6) is 0 Å². The van der Waals surface area contributed by atoms with Crippen LogP contribution in [0, 0.1) is 0 Å². The molecule has 0 aliphatic carbocycles. The summed E-state index contributed by atoms with van der Waals surface area (Å²) in [5.41, 5.74) is 11.9. The maximum absolute atomic E-state index is 13.1. The summed E-state index contributed by atoms with van der Waals surface area (Å²) in [4.78, 5) is 76.7. The third-order valence-corrected chi connectivity index (χ3v) is 6.44. The van der Waals surface area contributed by atoms with E-state index in [-0.39, 0.29) is 19.3 Å². The number of benzene rings is 1. The van der Waals surface area contributed by atoms with Gasteiger partial charge < -0.3 is 42.8 Å². The van der Waals surface area contributed by atoms with Crippen molar-refractivity contribution < 1.29 is 33.9 Å². The molecule has 5 amide bonds. The lowest BCUT2D eigenvalue weighted by Crippen LogP contribution is -2.58. The molecule has 0 saturated carbocycles. The fraction of sp³-hybridized carbons (Fsp3) is 0.440. The molecule has 1 aliphatic rings. The summed E-state index contributed by atoms with van der Waals surface area (Å²) < 4.78 is 0. The average molecular weight is 544 g/mol. The number of para-hydroxylation sites is 1. The van der Waals surface area contributed by atoms with Gasteiger partial charge in [0.2, 0.25) is 29.5 Å². The second kappa shape index (κ2) is 13.4. The lowest BCUT2D eigenvalue weighted by molar-refractivity contribution is -0.142. The van der Waals surface area contributed by atoms with Crippen LogP contribution in [0.1, 0.15) is 37.7 Å². The maximum Gasteiger partial charge on any atom is 0.326 e. The smallest absolute Gasteiger partial charge is 0.326 e. The van der Waals surface area contributed by atoms with E-state index in [1.165, 1.54) is 0 Å². The Morgan fingerprint density at radius 3 is 2.28 bits per heavy atom. The molecule has 1 fully saturated rings. The van der Waals surface area contributed by atoms with Crippen LogP contribution in [0.3, 0.4) is 0 Å². The standard InChI is InChI=1S/C25H33N7O7/c26-20(33)8-7-17(30-24(37)18(11-21(27)34)31-22(35)16-6-3-9-28-16)23(36)32-19(25(38)39)10-13-12-29-15-5-2-1-4-14(13)15/h1-2,4-5,12,16-19,28-29H,3,6-11H2,(H2,26,33)(H2,27,34)(H,30,37)(H,31,35)(H,32,36)(H,38,39). The summed E-state index contributed by atoms with van der Waals surface area (Å²) in [6.07, 6.45) is 1.83.